The SMILES string of the molecule is CC1/C=C\C(=O)C(O)[C@@H](O)C/C=C/c2c(C#CCO)ccc(O)c2C(=O)O[C@H]1C. The van der Waals surface area contributed by atoms with E-state index in [4.69, 9.17) is 9.84 Å². The molecule has 0 spiro atoms. The van der Waals surface area contributed by atoms with Gasteiger partial charge in [-0.2, -0.15) is 0 Å². The molecule has 1 aliphatic rings. The lowest BCUT2D eigenvalue weighted by atomic mass is 9.97. The molecule has 0 bridgehead atoms. The van der Waals surface area contributed by atoms with Crippen molar-refractivity contribution in [1.82, 2.24) is 0 Å². The van der Waals surface area contributed by atoms with Crippen molar-refractivity contribution in [3.63, 3.8) is 0 Å². The number of cyclic esters (lactones) is 1. The van der Waals surface area contributed by atoms with Gasteiger partial charge in [-0.15, -0.1) is 0 Å². The number of fused-ring (bicyclic) bond motifs is 1. The van der Waals surface area contributed by atoms with Crippen molar-refractivity contribution < 1.29 is 34.8 Å². The molecule has 4 N–H and O–H groups in total. The van der Waals surface area contributed by atoms with Gasteiger partial charge in [0, 0.05) is 17.0 Å². The second kappa shape index (κ2) is 10.0. The van der Waals surface area contributed by atoms with Crippen LogP contribution in [-0.4, -0.2) is 57.1 Å². The van der Waals surface area contributed by atoms with Crippen LogP contribution in [0.3, 0.4) is 0 Å². The van der Waals surface area contributed by atoms with E-state index in [-0.39, 0.29) is 29.2 Å². The maximum atomic E-state index is 12.8. The third-order valence-electron chi connectivity index (χ3n) is 4.65. The number of ketones is 1. The van der Waals surface area contributed by atoms with E-state index in [0.29, 0.717) is 5.56 Å². The normalized spacial score (nSPS) is 27.6. The van der Waals surface area contributed by atoms with Crippen LogP contribution in [0.1, 0.15) is 41.8 Å². The van der Waals surface area contributed by atoms with E-state index in [0.717, 1.165) is 6.08 Å². The summed E-state index contributed by atoms with van der Waals surface area (Å²) in [7, 11) is 0. The molecular weight excluding hydrogens is 376 g/mol. The molecule has 0 amide bonds. The summed E-state index contributed by atoms with van der Waals surface area (Å²) in [4.78, 5) is 24.8. The van der Waals surface area contributed by atoms with Crippen LogP contribution < -0.4 is 0 Å². The zero-order valence-electron chi connectivity index (χ0n) is 16.2. The molecule has 0 radical (unpaired) electrons. The summed E-state index contributed by atoms with van der Waals surface area (Å²) in [6, 6.07) is 2.80. The van der Waals surface area contributed by atoms with E-state index in [9.17, 15) is 24.9 Å². The number of hydrogen-bond acceptors (Lipinski definition) is 7. The highest BCUT2D eigenvalue weighted by atomic mass is 16.5. The fourth-order valence-corrected chi connectivity index (χ4v) is 2.72. The van der Waals surface area contributed by atoms with Crippen LogP contribution in [0.5, 0.6) is 5.75 Å². The number of carbonyl (C=O) groups is 2. The number of phenolic OH excluding ortho intramolecular Hbond substituents is 1. The van der Waals surface area contributed by atoms with Gasteiger partial charge >= 0.3 is 5.97 Å². The van der Waals surface area contributed by atoms with Crippen LogP contribution in [0.25, 0.3) is 6.08 Å². The summed E-state index contributed by atoms with van der Waals surface area (Å²) in [5, 5.41) is 39.3. The number of esters is 1. The summed E-state index contributed by atoms with van der Waals surface area (Å²) in [5.74, 6) is 3.10. The highest BCUT2D eigenvalue weighted by Gasteiger charge is 2.25. The van der Waals surface area contributed by atoms with Gasteiger partial charge in [0.2, 0.25) is 0 Å². The monoisotopic (exact) mass is 400 g/mol. The number of aliphatic hydroxyl groups excluding tert-OH is 3. The Balaban J connectivity index is 2.59. The van der Waals surface area contributed by atoms with Crippen molar-refractivity contribution in [2.24, 2.45) is 5.92 Å². The van der Waals surface area contributed by atoms with Crippen molar-refractivity contribution >= 4 is 17.8 Å². The number of aromatic hydroxyl groups is 1. The standard InChI is InChI=1S/C22H24O7/c1-13-8-10-19(26)21(27)18(25)7-3-6-16-15(5-4-12-23)9-11-17(24)20(16)22(28)29-14(13)2/h3,6,8-11,13-14,18,21,23-25,27H,7,12H2,1-2H3/b6-3+,10-8-/t13?,14-,18-,21?/m0/s1. The van der Waals surface area contributed by atoms with Crippen LogP contribution in [-0.2, 0) is 9.53 Å². The Kier molecular flexibility index (Phi) is 7.74. The van der Waals surface area contributed by atoms with E-state index < -0.39 is 36.7 Å². The molecule has 29 heavy (non-hydrogen) atoms. The third-order valence-corrected chi connectivity index (χ3v) is 4.65. The van der Waals surface area contributed by atoms with Crippen molar-refractivity contribution in [3.8, 4) is 17.6 Å². The lowest BCUT2D eigenvalue weighted by Gasteiger charge is -2.20. The Bertz CT molecular complexity index is 888. The number of benzene rings is 1. The van der Waals surface area contributed by atoms with Gasteiger partial charge in [0.1, 0.15) is 30.1 Å². The Morgan fingerprint density at radius 3 is 2.59 bits per heavy atom. The first kappa shape index (κ1) is 22.4. The average molecular weight is 400 g/mol. The van der Waals surface area contributed by atoms with Gasteiger partial charge in [-0.3, -0.25) is 4.79 Å². The van der Waals surface area contributed by atoms with Crippen molar-refractivity contribution in [2.45, 2.75) is 38.6 Å². The van der Waals surface area contributed by atoms with E-state index >= 15 is 0 Å². The van der Waals surface area contributed by atoms with Crippen molar-refractivity contribution in [3.05, 3.63) is 47.1 Å². The predicted octanol–water partition coefficient (Wildman–Crippen LogP) is 1.18. The lowest BCUT2D eigenvalue weighted by Crippen LogP contribution is -2.32. The number of hydrogen-bond donors (Lipinski definition) is 4. The summed E-state index contributed by atoms with van der Waals surface area (Å²) < 4.78 is 5.45. The molecule has 7 heteroatoms. The molecular formula is C22H24O7. The molecule has 1 aliphatic heterocycles. The molecule has 2 unspecified atom stereocenters. The minimum Gasteiger partial charge on any atom is -0.507 e. The third kappa shape index (κ3) is 5.55. The zero-order valence-corrected chi connectivity index (χ0v) is 16.2. The first-order chi connectivity index (χ1) is 13.8. The van der Waals surface area contributed by atoms with Crippen LogP contribution in [0.15, 0.2) is 30.4 Å². The predicted molar refractivity (Wildman–Crippen MR) is 106 cm³/mol. The highest BCUT2D eigenvalue weighted by Crippen LogP contribution is 2.28. The molecule has 0 aromatic heterocycles. The van der Waals surface area contributed by atoms with Crippen LogP contribution in [0.4, 0.5) is 0 Å². The van der Waals surface area contributed by atoms with Gasteiger partial charge < -0.3 is 25.2 Å². The minimum atomic E-state index is -1.60. The minimum absolute atomic E-state index is 0.0796. The van der Waals surface area contributed by atoms with Crippen LogP contribution in [0, 0.1) is 17.8 Å². The molecule has 0 aliphatic carbocycles. The van der Waals surface area contributed by atoms with Gasteiger partial charge in [0.25, 0.3) is 0 Å². The van der Waals surface area contributed by atoms with Gasteiger partial charge in [-0.25, -0.2) is 4.79 Å². The van der Waals surface area contributed by atoms with Crippen molar-refractivity contribution in [1.29, 1.82) is 0 Å². The molecule has 0 saturated carbocycles. The number of phenols is 1. The van der Waals surface area contributed by atoms with Gasteiger partial charge in [-0.05, 0) is 31.6 Å². The van der Waals surface area contributed by atoms with E-state index in [1.807, 2.05) is 0 Å². The highest BCUT2D eigenvalue weighted by molar-refractivity contribution is 5.98. The Hall–Kier alpha value is -2.92. The van der Waals surface area contributed by atoms with E-state index in [1.54, 1.807) is 13.8 Å². The van der Waals surface area contributed by atoms with Gasteiger partial charge in [-0.1, -0.05) is 37.0 Å². The molecule has 1 aromatic carbocycles. The molecule has 4 atom stereocenters. The number of carbonyl (C=O) groups excluding carboxylic acids is 2. The molecule has 154 valence electrons. The molecule has 0 saturated heterocycles. The Morgan fingerprint density at radius 2 is 1.90 bits per heavy atom. The maximum Gasteiger partial charge on any atom is 0.342 e. The fourth-order valence-electron chi connectivity index (χ4n) is 2.72. The second-order valence-electron chi connectivity index (χ2n) is 6.76. The first-order valence-electron chi connectivity index (χ1n) is 9.17. The molecule has 0 fully saturated rings. The van der Waals surface area contributed by atoms with E-state index in [1.165, 1.54) is 30.4 Å². The maximum absolute atomic E-state index is 12.8. The summed E-state index contributed by atoms with van der Waals surface area (Å²) >= 11 is 0. The Morgan fingerprint density at radius 1 is 1.17 bits per heavy atom. The lowest BCUT2D eigenvalue weighted by molar-refractivity contribution is -0.127. The molecule has 2 rings (SSSR count). The quantitative estimate of drug-likeness (QED) is 0.381. The fraction of sp³-hybridized carbons (Fsp3) is 0.364. The topological polar surface area (TPSA) is 124 Å². The van der Waals surface area contributed by atoms with Crippen LogP contribution in [0.2, 0.25) is 0 Å². The van der Waals surface area contributed by atoms with Gasteiger partial charge in [0.15, 0.2) is 5.78 Å². The zero-order chi connectivity index (χ0) is 21.6. The first-order valence-corrected chi connectivity index (χ1v) is 9.17. The van der Waals surface area contributed by atoms with E-state index in [2.05, 4.69) is 11.8 Å². The average Bonchev–Trinajstić information content (AvgIpc) is 2.69. The summed E-state index contributed by atoms with van der Waals surface area (Å²) in [6.07, 6.45) is 1.89. The second-order valence-corrected chi connectivity index (χ2v) is 6.76. The van der Waals surface area contributed by atoms with Gasteiger partial charge in [0.05, 0.1) is 6.10 Å². The summed E-state index contributed by atoms with van der Waals surface area (Å²) in [6.45, 7) is 2.97. The number of ether oxygens (including phenoxy) is 1. The number of aliphatic hydroxyl groups is 3. The largest absolute Gasteiger partial charge is 0.507 e. The smallest absolute Gasteiger partial charge is 0.342 e. The molecule has 1 heterocycles. The summed E-state index contributed by atoms with van der Waals surface area (Å²) in [5.41, 5.74) is 0.507. The molecule has 1 aromatic rings. The van der Waals surface area contributed by atoms with Crippen molar-refractivity contribution in [2.75, 3.05) is 6.61 Å². The molecule has 7 nitrogen and oxygen atoms in total. The number of rotatable bonds is 0. The van der Waals surface area contributed by atoms with Crippen LogP contribution >= 0.6 is 0 Å². The Labute approximate surface area is 168 Å².